The average molecular weight is 279 g/mol. The maximum Gasteiger partial charge on any atom is 0.264 e. The molecule has 1 aromatic rings. The first-order chi connectivity index (χ1) is 6.99. The molecule has 0 aliphatic heterocycles. The lowest BCUT2D eigenvalue weighted by atomic mass is 10.0. The Morgan fingerprint density at radius 2 is 2.07 bits per heavy atom. The van der Waals surface area contributed by atoms with E-state index in [9.17, 15) is 13.6 Å². The summed E-state index contributed by atoms with van der Waals surface area (Å²) < 4.78 is 30.4. The summed E-state index contributed by atoms with van der Waals surface area (Å²) in [5, 5.41) is 0. The molecule has 1 aromatic carbocycles. The van der Waals surface area contributed by atoms with Crippen LogP contribution in [0.25, 0.3) is 0 Å². The van der Waals surface area contributed by atoms with Crippen LogP contribution in [0.1, 0.15) is 29.3 Å². The SMILES string of the molecule is COc1ccc(C(F)F)c(C(C)=O)c1Br. The van der Waals surface area contributed by atoms with Crippen LogP contribution in [0.2, 0.25) is 0 Å². The van der Waals surface area contributed by atoms with Crippen LogP contribution < -0.4 is 4.74 Å². The minimum absolute atomic E-state index is 0.0237. The molecule has 5 heteroatoms. The Bertz CT molecular complexity index is 391. The number of Topliss-reactive ketones (excluding diaryl/α,β-unsaturated/α-hetero) is 1. The lowest BCUT2D eigenvalue weighted by Gasteiger charge is -2.11. The number of ketones is 1. The van der Waals surface area contributed by atoms with Crippen LogP contribution in [0.4, 0.5) is 8.78 Å². The molecular weight excluding hydrogens is 270 g/mol. The van der Waals surface area contributed by atoms with E-state index in [1.165, 1.54) is 26.2 Å². The van der Waals surface area contributed by atoms with Crippen LogP contribution in [-0.2, 0) is 0 Å². The molecule has 82 valence electrons. The van der Waals surface area contributed by atoms with Gasteiger partial charge in [-0.15, -0.1) is 0 Å². The summed E-state index contributed by atoms with van der Waals surface area (Å²) in [6.45, 7) is 1.24. The fourth-order valence-electron chi connectivity index (χ4n) is 1.27. The third kappa shape index (κ3) is 2.34. The number of carbonyl (C=O) groups excluding carboxylic acids is 1. The molecule has 0 bridgehead atoms. The molecule has 2 nitrogen and oxygen atoms in total. The van der Waals surface area contributed by atoms with Gasteiger partial charge in [-0.2, -0.15) is 0 Å². The molecule has 0 radical (unpaired) electrons. The molecular formula is C10H9BrF2O2. The number of ether oxygens (including phenoxy) is 1. The summed E-state index contributed by atoms with van der Waals surface area (Å²) in [6, 6.07) is 2.60. The van der Waals surface area contributed by atoms with Gasteiger partial charge in [-0.3, -0.25) is 4.79 Å². The Morgan fingerprint density at radius 1 is 1.47 bits per heavy atom. The van der Waals surface area contributed by atoms with Gasteiger partial charge >= 0.3 is 0 Å². The van der Waals surface area contributed by atoms with Crippen molar-refractivity contribution < 1.29 is 18.3 Å². The second-order valence-corrected chi connectivity index (χ2v) is 3.70. The van der Waals surface area contributed by atoms with Gasteiger partial charge in [0.25, 0.3) is 6.43 Å². The zero-order chi connectivity index (χ0) is 11.6. The molecule has 0 unspecified atom stereocenters. The number of carbonyl (C=O) groups is 1. The average Bonchev–Trinajstić information content (AvgIpc) is 2.16. The summed E-state index contributed by atoms with van der Waals surface area (Å²) >= 11 is 3.08. The second kappa shape index (κ2) is 4.70. The Labute approximate surface area is 94.4 Å². The van der Waals surface area contributed by atoms with Crippen LogP contribution in [0, 0.1) is 0 Å². The Morgan fingerprint density at radius 3 is 2.47 bits per heavy atom. The minimum Gasteiger partial charge on any atom is -0.496 e. The number of hydrogen-bond acceptors (Lipinski definition) is 2. The van der Waals surface area contributed by atoms with Crippen LogP contribution in [0.3, 0.4) is 0 Å². The largest absolute Gasteiger partial charge is 0.496 e. The van der Waals surface area contributed by atoms with Crippen molar-refractivity contribution >= 4 is 21.7 Å². The minimum atomic E-state index is -2.67. The van der Waals surface area contributed by atoms with Crippen molar-refractivity contribution in [3.05, 3.63) is 27.7 Å². The van der Waals surface area contributed by atoms with E-state index in [2.05, 4.69) is 15.9 Å². The predicted octanol–water partition coefficient (Wildman–Crippen LogP) is 3.60. The number of alkyl halides is 2. The van der Waals surface area contributed by atoms with Gasteiger partial charge in [0, 0.05) is 11.1 Å². The third-order valence-corrected chi connectivity index (χ3v) is 2.73. The number of benzene rings is 1. The van der Waals surface area contributed by atoms with Gasteiger partial charge in [0.2, 0.25) is 0 Å². The molecule has 0 N–H and O–H groups in total. The first-order valence-electron chi connectivity index (χ1n) is 4.14. The van der Waals surface area contributed by atoms with Crippen LogP contribution in [0.15, 0.2) is 16.6 Å². The lowest BCUT2D eigenvalue weighted by molar-refractivity contribution is 0.0997. The van der Waals surface area contributed by atoms with Crippen molar-refractivity contribution in [3.63, 3.8) is 0 Å². The third-order valence-electron chi connectivity index (χ3n) is 1.95. The van der Waals surface area contributed by atoms with Crippen LogP contribution >= 0.6 is 15.9 Å². The van der Waals surface area contributed by atoms with E-state index >= 15 is 0 Å². The second-order valence-electron chi connectivity index (χ2n) is 2.90. The zero-order valence-electron chi connectivity index (χ0n) is 8.18. The van der Waals surface area contributed by atoms with E-state index < -0.39 is 12.2 Å². The molecule has 0 saturated carbocycles. The molecule has 0 heterocycles. The van der Waals surface area contributed by atoms with Gasteiger partial charge in [0.05, 0.1) is 11.6 Å². The molecule has 0 saturated heterocycles. The van der Waals surface area contributed by atoms with Crippen molar-refractivity contribution in [1.82, 2.24) is 0 Å². The molecule has 0 aliphatic rings. The van der Waals surface area contributed by atoms with E-state index in [0.29, 0.717) is 5.75 Å². The standard InChI is InChI=1S/C10H9BrF2O2/c1-5(14)8-6(10(12)13)3-4-7(15-2)9(8)11/h3-4,10H,1-2H3. The fourth-order valence-corrected chi connectivity index (χ4v) is 2.07. The monoisotopic (exact) mass is 278 g/mol. The molecule has 0 spiro atoms. The Hall–Kier alpha value is -0.970. The van der Waals surface area contributed by atoms with Gasteiger partial charge in [0.15, 0.2) is 5.78 Å². The van der Waals surface area contributed by atoms with Crippen LogP contribution in [-0.4, -0.2) is 12.9 Å². The smallest absolute Gasteiger partial charge is 0.264 e. The summed E-state index contributed by atoms with van der Waals surface area (Å²) in [4.78, 5) is 11.2. The van der Waals surface area contributed by atoms with E-state index in [1.807, 2.05) is 0 Å². The molecule has 0 aromatic heterocycles. The lowest BCUT2D eigenvalue weighted by Crippen LogP contribution is -2.03. The van der Waals surface area contributed by atoms with E-state index in [1.54, 1.807) is 0 Å². The highest BCUT2D eigenvalue weighted by Crippen LogP contribution is 2.35. The molecule has 0 aliphatic carbocycles. The maximum absolute atomic E-state index is 12.6. The van der Waals surface area contributed by atoms with Gasteiger partial charge in [-0.25, -0.2) is 8.78 Å². The van der Waals surface area contributed by atoms with Gasteiger partial charge in [0.1, 0.15) is 5.75 Å². The van der Waals surface area contributed by atoms with Gasteiger partial charge < -0.3 is 4.74 Å². The Balaban J connectivity index is 3.44. The molecule has 0 atom stereocenters. The van der Waals surface area contributed by atoms with Crippen molar-refractivity contribution in [1.29, 1.82) is 0 Å². The number of halogens is 3. The van der Waals surface area contributed by atoms with Crippen molar-refractivity contribution in [3.8, 4) is 5.75 Å². The summed E-state index contributed by atoms with van der Waals surface area (Å²) in [5.74, 6) is -0.0549. The van der Waals surface area contributed by atoms with Crippen molar-refractivity contribution in [2.45, 2.75) is 13.3 Å². The van der Waals surface area contributed by atoms with Gasteiger partial charge in [-0.05, 0) is 35.0 Å². The topological polar surface area (TPSA) is 26.3 Å². The predicted molar refractivity (Wildman–Crippen MR) is 55.7 cm³/mol. The molecule has 0 fully saturated rings. The first-order valence-corrected chi connectivity index (χ1v) is 4.93. The zero-order valence-corrected chi connectivity index (χ0v) is 9.77. The van der Waals surface area contributed by atoms with E-state index in [4.69, 9.17) is 4.74 Å². The molecule has 0 amide bonds. The summed E-state index contributed by atoms with van der Waals surface area (Å²) in [7, 11) is 1.41. The molecule has 15 heavy (non-hydrogen) atoms. The first kappa shape index (κ1) is 12.1. The van der Waals surface area contributed by atoms with Crippen molar-refractivity contribution in [2.75, 3.05) is 7.11 Å². The molecule has 1 rings (SSSR count). The van der Waals surface area contributed by atoms with E-state index in [-0.39, 0.29) is 15.6 Å². The fraction of sp³-hybridized carbons (Fsp3) is 0.300. The highest BCUT2D eigenvalue weighted by Gasteiger charge is 2.21. The quantitative estimate of drug-likeness (QED) is 0.790. The maximum atomic E-state index is 12.6. The highest BCUT2D eigenvalue weighted by atomic mass is 79.9. The van der Waals surface area contributed by atoms with Crippen LogP contribution in [0.5, 0.6) is 5.75 Å². The highest BCUT2D eigenvalue weighted by molar-refractivity contribution is 9.10. The normalized spacial score (nSPS) is 10.5. The summed E-state index contributed by atoms with van der Waals surface area (Å²) in [5.41, 5.74) is -0.306. The number of methoxy groups -OCH3 is 1. The number of rotatable bonds is 3. The van der Waals surface area contributed by atoms with Gasteiger partial charge in [-0.1, -0.05) is 0 Å². The Kier molecular flexibility index (Phi) is 3.79. The number of hydrogen-bond donors (Lipinski definition) is 0. The van der Waals surface area contributed by atoms with Crippen molar-refractivity contribution in [2.24, 2.45) is 0 Å². The summed E-state index contributed by atoms with van der Waals surface area (Å²) in [6.07, 6.45) is -2.67. The van der Waals surface area contributed by atoms with E-state index in [0.717, 1.165) is 0 Å².